The van der Waals surface area contributed by atoms with Crippen molar-refractivity contribution in [1.29, 1.82) is 0 Å². The molecule has 30 heavy (non-hydrogen) atoms. The molecule has 0 saturated heterocycles. The fourth-order valence-electron chi connectivity index (χ4n) is 2.98. The number of fused-ring (bicyclic) bond motifs is 1. The topological polar surface area (TPSA) is 130 Å². The Labute approximate surface area is 171 Å². The van der Waals surface area contributed by atoms with Gasteiger partial charge < -0.3 is 24.8 Å². The van der Waals surface area contributed by atoms with Crippen molar-refractivity contribution in [2.75, 3.05) is 13.1 Å². The Morgan fingerprint density at radius 1 is 1.07 bits per heavy atom. The van der Waals surface area contributed by atoms with E-state index in [-0.39, 0.29) is 18.1 Å². The molecule has 1 atom stereocenters. The number of ketones is 1. The summed E-state index contributed by atoms with van der Waals surface area (Å²) in [6.07, 6.45) is 0.316. The number of furan rings is 1. The largest absolute Gasteiger partial charge is 0.459 e. The van der Waals surface area contributed by atoms with E-state index in [1.165, 1.54) is 19.3 Å². The van der Waals surface area contributed by atoms with Gasteiger partial charge in [-0.3, -0.25) is 19.2 Å². The van der Waals surface area contributed by atoms with Crippen molar-refractivity contribution >= 4 is 34.5 Å². The van der Waals surface area contributed by atoms with Crippen LogP contribution in [0.3, 0.4) is 0 Å². The molecule has 0 saturated carbocycles. The Balaban J connectivity index is 1.48. The Bertz CT molecular complexity index is 1080. The van der Waals surface area contributed by atoms with Gasteiger partial charge >= 0.3 is 5.97 Å². The predicted molar refractivity (Wildman–Crippen MR) is 107 cm³/mol. The van der Waals surface area contributed by atoms with E-state index in [0.717, 1.165) is 10.9 Å². The Morgan fingerprint density at radius 3 is 2.57 bits per heavy atom. The lowest BCUT2D eigenvalue weighted by Gasteiger charge is -2.13. The fraction of sp³-hybridized carbons (Fsp3) is 0.238. The van der Waals surface area contributed by atoms with Crippen molar-refractivity contribution in [1.82, 2.24) is 15.6 Å². The SMILES string of the molecule is Cc1[nH]c2ccccc2c1C(=O)[C@@H](C)OC(=O)CNC(=O)CNC(=O)c1ccco1. The number of hydrogen-bond acceptors (Lipinski definition) is 6. The van der Waals surface area contributed by atoms with Gasteiger partial charge in [0, 0.05) is 22.2 Å². The zero-order valence-corrected chi connectivity index (χ0v) is 16.5. The predicted octanol–water partition coefficient (Wildman–Crippen LogP) is 1.73. The van der Waals surface area contributed by atoms with Crippen LogP contribution >= 0.6 is 0 Å². The number of ether oxygens (including phenoxy) is 1. The van der Waals surface area contributed by atoms with E-state index in [9.17, 15) is 19.2 Å². The molecule has 9 nitrogen and oxygen atoms in total. The Morgan fingerprint density at radius 2 is 1.83 bits per heavy atom. The molecule has 2 heterocycles. The highest BCUT2D eigenvalue weighted by atomic mass is 16.5. The third kappa shape index (κ3) is 4.75. The first-order valence-corrected chi connectivity index (χ1v) is 9.26. The molecule has 9 heteroatoms. The summed E-state index contributed by atoms with van der Waals surface area (Å²) in [6, 6.07) is 10.4. The molecule has 3 N–H and O–H groups in total. The molecule has 0 aliphatic heterocycles. The molecule has 1 aromatic carbocycles. The van der Waals surface area contributed by atoms with Crippen LogP contribution in [0, 0.1) is 6.92 Å². The number of aromatic nitrogens is 1. The second-order valence-corrected chi connectivity index (χ2v) is 6.60. The minimum atomic E-state index is -1.02. The summed E-state index contributed by atoms with van der Waals surface area (Å²) in [7, 11) is 0. The molecule has 0 bridgehead atoms. The second kappa shape index (κ2) is 9.08. The van der Waals surface area contributed by atoms with Gasteiger partial charge in [0.15, 0.2) is 11.9 Å². The zero-order valence-electron chi connectivity index (χ0n) is 16.5. The molecule has 0 unspecified atom stereocenters. The number of para-hydroxylation sites is 1. The average molecular weight is 411 g/mol. The number of carbonyl (C=O) groups excluding carboxylic acids is 4. The van der Waals surface area contributed by atoms with Crippen LogP contribution in [0.4, 0.5) is 0 Å². The van der Waals surface area contributed by atoms with E-state index >= 15 is 0 Å². The van der Waals surface area contributed by atoms with Gasteiger partial charge in [-0.15, -0.1) is 0 Å². The molecule has 0 aliphatic rings. The number of Topliss-reactive ketones (excluding diaryl/α,β-unsaturated/α-hetero) is 1. The maximum Gasteiger partial charge on any atom is 0.326 e. The standard InChI is InChI=1S/C21H21N3O6/c1-12-19(14-6-3-4-7-15(14)24-12)20(27)13(2)30-18(26)11-22-17(25)10-23-21(28)16-8-5-9-29-16/h3-9,13,24H,10-11H2,1-2H3,(H,22,25)(H,23,28)/t13-/m1/s1. The molecule has 156 valence electrons. The highest BCUT2D eigenvalue weighted by Crippen LogP contribution is 2.23. The number of aryl methyl sites for hydroxylation is 1. The van der Waals surface area contributed by atoms with Crippen LogP contribution in [0.5, 0.6) is 0 Å². The lowest BCUT2D eigenvalue weighted by molar-refractivity contribution is -0.146. The Kier molecular flexibility index (Phi) is 6.31. The number of nitrogens with one attached hydrogen (secondary N) is 3. The van der Waals surface area contributed by atoms with E-state index in [1.54, 1.807) is 13.0 Å². The number of aromatic amines is 1. The molecule has 0 fully saturated rings. The molecule has 2 aromatic heterocycles. The third-order valence-electron chi connectivity index (χ3n) is 4.40. The normalized spacial score (nSPS) is 11.7. The fourth-order valence-corrected chi connectivity index (χ4v) is 2.98. The van der Waals surface area contributed by atoms with Gasteiger partial charge in [-0.25, -0.2) is 0 Å². The summed E-state index contributed by atoms with van der Waals surface area (Å²) >= 11 is 0. The summed E-state index contributed by atoms with van der Waals surface area (Å²) in [5.74, 6) is -2.17. The molecule has 3 rings (SSSR count). The smallest absolute Gasteiger partial charge is 0.326 e. The summed E-state index contributed by atoms with van der Waals surface area (Å²) in [5.41, 5.74) is 1.97. The van der Waals surface area contributed by atoms with Crippen LogP contribution in [0.25, 0.3) is 10.9 Å². The van der Waals surface area contributed by atoms with Crippen molar-refractivity contribution < 1.29 is 28.3 Å². The van der Waals surface area contributed by atoms with Gasteiger partial charge in [-0.05, 0) is 32.0 Å². The van der Waals surface area contributed by atoms with Crippen LogP contribution in [0.1, 0.15) is 33.5 Å². The first kappa shape index (κ1) is 20.8. The molecule has 0 aliphatic carbocycles. The minimum absolute atomic E-state index is 0.0714. The van der Waals surface area contributed by atoms with Crippen LogP contribution in [-0.2, 0) is 14.3 Å². The maximum atomic E-state index is 12.8. The average Bonchev–Trinajstić information content (AvgIpc) is 3.37. The van der Waals surface area contributed by atoms with E-state index in [1.807, 2.05) is 24.3 Å². The van der Waals surface area contributed by atoms with Crippen LogP contribution in [0.15, 0.2) is 47.1 Å². The summed E-state index contributed by atoms with van der Waals surface area (Å²) < 4.78 is 10.1. The van der Waals surface area contributed by atoms with Crippen molar-refractivity contribution in [3.05, 3.63) is 59.7 Å². The van der Waals surface area contributed by atoms with Crippen molar-refractivity contribution in [2.45, 2.75) is 20.0 Å². The van der Waals surface area contributed by atoms with Gasteiger partial charge in [0.1, 0.15) is 6.54 Å². The number of hydrogen-bond donors (Lipinski definition) is 3. The Hall–Kier alpha value is -3.88. The number of H-pyrrole nitrogens is 1. The van der Waals surface area contributed by atoms with Crippen LogP contribution < -0.4 is 10.6 Å². The van der Waals surface area contributed by atoms with Crippen molar-refractivity contribution in [3.8, 4) is 0 Å². The van der Waals surface area contributed by atoms with Crippen molar-refractivity contribution in [2.24, 2.45) is 0 Å². The van der Waals surface area contributed by atoms with Crippen LogP contribution in [-0.4, -0.2) is 47.7 Å². The van der Waals surface area contributed by atoms with E-state index in [2.05, 4.69) is 15.6 Å². The number of esters is 1. The third-order valence-corrected chi connectivity index (χ3v) is 4.40. The zero-order chi connectivity index (χ0) is 21.7. The summed E-state index contributed by atoms with van der Waals surface area (Å²) in [4.78, 5) is 51.4. The monoisotopic (exact) mass is 411 g/mol. The molecule has 2 amide bonds. The van der Waals surface area contributed by atoms with Crippen molar-refractivity contribution in [3.63, 3.8) is 0 Å². The van der Waals surface area contributed by atoms with E-state index in [4.69, 9.17) is 9.15 Å². The lowest BCUT2D eigenvalue weighted by Crippen LogP contribution is -2.40. The van der Waals surface area contributed by atoms with Gasteiger partial charge in [0.25, 0.3) is 5.91 Å². The number of benzene rings is 1. The molecule has 0 spiro atoms. The molecule has 0 radical (unpaired) electrons. The molecular formula is C21H21N3O6. The molecule has 3 aromatic rings. The first-order chi connectivity index (χ1) is 14.4. The number of carbonyl (C=O) groups is 4. The minimum Gasteiger partial charge on any atom is -0.459 e. The number of amides is 2. The van der Waals surface area contributed by atoms with Crippen LogP contribution in [0.2, 0.25) is 0 Å². The highest BCUT2D eigenvalue weighted by Gasteiger charge is 2.24. The van der Waals surface area contributed by atoms with Gasteiger partial charge in [-0.2, -0.15) is 0 Å². The molecular weight excluding hydrogens is 390 g/mol. The van der Waals surface area contributed by atoms with Gasteiger partial charge in [0.2, 0.25) is 11.7 Å². The van der Waals surface area contributed by atoms with E-state index < -0.39 is 30.4 Å². The lowest BCUT2D eigenvalue weighted by atomic mass is 10.0. The summed E-state index contributed by atoms with van der Waals surface area (Å²) in [6.45, 7) is 2.49. The summed E-state index contributed by atoms with van der Waals surface area (Å²) in [5, 5.41) is 5.44. The highest BCUT2D eigenvalue weighted by molar-refractivity contribution is 6.11. The first-order valence-electron chi connectivity index (χ1n) is 9.26. The second-order valence-electron chi connectivity index (χ2n) is 6.60. The van der Waals surface area contributed by atoms with Gasteiger partial charge in [-0.1, -0.05) is 18.2 Å². The maximum absolute atomic E-state index is 12.8. The number of rotatable bonds is 8. The van der Waals surface area contributed by atoms with E-state index in [0.29, 0.717) is 11.3 Å². The van der Waals surface area contributed by atoms with Gasteiger partial charge in [0.05, 0.1) is 12.8 Å². The quantitative estimate of drug-likeness (QED) is 0.382.